The smallest absolute Gasteiger partial charge is 0.262 e. The summed E-state index contributed by atoms with van der Waals surface area (Å²) in [5.74, 6) is 0.802. The number of allylic oxidation sites excluding steroid dienone is 1. The van der Waals surface area contributed by atoms with Crippen LogP contribution < -0.4 is 19.7 Å². The predicted octanol–water partition coefficient (Wildman–Crippen LogP) is 4.16. The monoisotopic (exact) mass is 374 g/mol. The Hall–Kier alpha value is -2.66. The Bertz CT molecular complexity index is 791. The number of carbonyl (C=O) groups excluding carboxylic acids is 1. The third-order valence-electron chi connectivity index (χ3n) is 3.67. The van der Waals surface area contributed by atoms with Crippen LogP contribution in [0, 0.1) is 0 Å². The molecule has 2 aromatic rings. The second kappa shape index (κ2) is 9.15. The molecule has 138 valence electrons. The zero-order valence-electron chi connectivity index (χ0n) is 15.2. The minimum atomic E-state index is -0.285. The fraction of sp³-hybridized carbons (Fsp3) is 0.250. The van der Waals surface area contributed by atoms with Crippen molar-refractivity contribution in [3.8, 4) is 11.5 Å². The molecule has 0 unspecified atom stereocenters. The number of carbonyl (C=O) groups is 1. The number of para-hydroxylation sites is 1. The molecule has 0 saturated carbocycles. The summed E-state index contributed by atoms with van der Waals surface area (Å²) in [7, 11) is 5.29. The summed E-state index contributed by atoms with van der Waals surface area (Å²) in [4.78, 5) is 14.1. The molecule has 1 N–H and O–H groups in total. The molecule has 6 heteroatoms. The third kappa shape index (κ3) is 4.92. The number of methoxy groups -OCH3 is 1. The number of hydrogen-bond acceptors (Lipinski definition) is 4. The number of amides is 1. The molecule has 0 radical (unpaired) electrons. The number of ether oxygens (including phenoxy) is 2. The minimum Gasteiger partial charge on any atom is -0.493 e. The van der Waals surface area contributed by atoms with E-state index in [-0.39, 0.29) is 12.5 Å². The average Bonchev–Trinajstić information content (AvgIpc) is 2.60. The van der Waals surface area contributed by atoms with Crippen LogP contribution in [0.1, 0.15) is 5.56 Å². The molecule has 0 spiro atoms. The van der Waals surface area contributed by atoms with Gasteiger partial charge in [0, 0.05) is 14.1 Å². The standard InChI is InChI=1S/C20H23ClN2O3/c1-5-7-14-10-11-17(18(12-14)25-4)26-13-19(24)22-16-9-6-8-15(21)20(16)23(2)3/h5-6,8-12H,1,7,13H2,2-4H3,(H,22,24). The van der Waals surface area contributed by atoms with Gasteiger partial charge < -0.3 is 19.7 Å². The summed E-state index contributed by atoms with van der Waals surface area (Å²) in [5.41, 5.74) is 2.43. The highest BCUT2D eigenvalue weighted by Crippen LogP contribution is 2.32. The van der Waals surface area contributed by atoms with Gasteiger partial charge in [0.2, 0.25) is 0 Å². The van der Waals surface area contributed by atoms with Gasteiger partial charge in [-0.1, -0.05) is 29.8 Å². The SMILES string of the molecule is C=CCc1ccc(OCC(=O)Nc2cccc(Cl)c2N(C)C)c(OC)c1. The Morgan fingerprint density at radius 3 is 2.69 bits per heavy atom. The minimum absolute atomic E-state index is 0.142. The Morgan fingerprint density at radius 1 is 1.27 bits per heavy atom. The quantitative estimate of drug-likeness (QED) is 0.705. The second-order valence-corrected chi connectivity index (χ2v) is 6.25. The molecule has 2 aromatic carbocycles. The van der Waals surface area contributed by atoms with Crippen LogP contribution in [0.2, 0.25) is 5.02 Å². The van der Waals surface area contributed by atoms with Gasteiger partial charge in [-0.15, -0.1) is 6.58 Å². The van der Waals surface area contributed by atoms with E-state index >= 15 is 0 Å². The molecule has 0 saturated heterocycles. The lowest BCUT2D eigenvalue weighted by molar-refractivity contribution is -0.118. The molecule has 0 aliphatic carbocycles. The summed E-state index contributed by atoms with van der Waals surface area (Å²) >= 11 is 6.21. The van der Waals surface area contributed by atoms with E-state index in [2.05, 4.69) is 11.9 Å². The van der Waals surface area contributed by atoms with Crippen LogP contribution in [0.25, 0.3) is 0 Å². The topological polar surface area (TPSA) is 50.8 Å². The molecule has 5 nitrogen and oxygen atoms in total. The maximum atomic E-state index is 12.3. The maximum Gasteiger partial charge on any atom is 0.262 e. The van der Waals surface area contributed by atoms with Gasteiger partial charge in [-0.05, 0) is 36.2 Å². The summed E-state index contributed by atoms with van der Waals surface area (Å²) in [6.07, 6.45) is 2.55. The molecule has 0 atom stereocenters. The normalized spacial score (nSPS) is 10.2. The van der Waals surface area contributed by atoms with Crippen LogP contribution in [-0.4, -0.2) is 33.7 Å². The van der Waals surface area contributed by atoms with Crippen molar-refractivity contribution < 1.29 is 14.3 Å². The van der Waals surface area contributed by atoms with E-state index in [0.29, 0.717) is 22.2 Å². The summed E-state index contributed by atoms with van der Waals surface area (Å²) in [5, 5.41) is 3.39. The van der Waals surface area contributed by atoms with E-state index in [9.17, 15) is 4.79 Å². The number of benzene rings is 2. The lowest BCUT2D eigenvalue weighted by Crippen LogP contribution is -2.22. The van der Waals surface area contributed by atoms with E-state index in [1.807, 2.05) is 37.2 Å². The van der Waals surface area contributed by atoms with Crippen molar-refractivity contribution >= 4 is 28.9 Å². The van der Waals surface area contributed by atoms with E-state index in [0.717, 1.165) is 17.7 Å². The number of hydrogen-bond donors (Lipinski definition) is 1. The average molecular weight is 375 g/mol. The second-order valence-electron chi connectivity index (χ2n) is 5.85. The highest BCUT2D eigenvalue weighted by molar-refractivity contribution is 6.34. The highest BCUT2D eigenvalue weighted by atomic mass is 35.5. The van der Waals surface area contributed by atoms with Gasteiger partial charge in [-0.25, -0.2) is 0 Å². The van der Waals surface area contributed by atoms with Crippen molar-refractivity contribution in [1.82, 2.24) is 0 Å². The van der Waals surface area contributed by atoms with Crippen molar-refractivity contribution in [2.75, 3.05) is 38.0 Å². The van der Waals surface area contributed by atoms with Crippen molar-refractivity contribution in [3.05, 3.63) is 59.6 Å². The van der Waals surface area contributed by atoms with Crippen LogP contribution in [0.15, 0.2) is 49.1 Å². The van der Waals surface area contributed by atoms with Crippen molar-refractivity contribution in [2.45, 2.75) is 6.42 Å². The fourth-order valence-corrected chi connectivity index (χ4v) is 2.87. The maximum absolute atomic E-state index is 12.3. The zero-order valence-corrected chi connectivity index (χ0v) is 16.0. The lowest BCUT2D eigenvalue weighted by atomic mass is 10.1. The molecule has 1 amide bonds. The number of rotatable bonds is 8. The van der Waals surface area contributed by atoms with E-state index in [1.54, 1.807) is 31.4 Å². The fourth-order valence-electron chi connectivity index (χ4n) is 2.53. The van der Waals surface area contributed by atoms with Crippen LogP contribution in [0.3, 0.4) is 0 Å². The highest BCUT2D eigenvalue weighted by Gasteiger charge is 2.13. The molecule has 2 rings (SSSR count). The molecule has 0 bridgehead atoms. The largest absolute Gasteiger partial charge is 0.493 e. The van der Waals surface area contributed by atoms with Gasteiger partial charge in [0.25, 0.3) is 5.91 Å². The van der Waals surface area contributed by atoms with Crippen molar-refractivity contribution in [2.24, 2.45) is 0 Å². The van der Waals surface area contributed by atoms with Crippen LogP contribution in [0.5, 0.6) is 11.5 Å². The summed E-state index contributed by atoms with van der Waals surface area (Å²) in [6.45, 7) is 3.58. The van der Waals surface area contributed by atoms with Gasteiger partial charge >= 0.3 is 0 Å². The first-order chi connectivity index (χ1) is 12.5. The Balaban J connectivity index is 2.06. The van der Waals surface area contributed by atoms with Gasteiger partial charge in [0.15, 0.2) is 18.1 Å². The van der Waals surface area contributed by atoms with Gasteiger partial charge in [0.05, 0.1) is 23.5 Å². The Kier molecular flexibility index (Phi) is 6.92. The predicted molar refractivity (Wildman–Crippen MR) is 107 cm³/mol. The van der Waals surface area contributed by atoms with Crippen LogP contribution in [0.4, 0.5) is 11.4 Å². The van der Waals surface area contributed by atoms with Crippen molar-refractivity contribution in [3.63, 3.8) is 0 Å². The number of anilines is 2. The van der Waals surface area contributed by atoms with Crippen LogP contribution >= 0.6 is 11.6 Å². The molecule has 26 heavy (non-hydrogen) atoms. The molecule has 0 aliphatic heterocycles. The van der Waals surface area contributed by atoms with Gasteiger partial charge in [0.1, 0.15) is 0 Å². The number of nitrogens with one attached hydrogen (secondary N) is 1. The summed E-state index contributed by atoms with van der Waals surface area (Å²) < 4.78 is 11.0. The molecule has 0 aliphatic rings. The summed E-state index contributed by atoms with van der Waals surface area (Å²) in [6, 6.07) is 10.9. The van der Waals surface area contributed by atoms with E-state index in [4.69, 9.17) is 21.1 Å². The first kappa shape index (κ1) is 19.7. The first-order valence-corrected chi connectivity index (χ1v) is 8.50. The zero-order chi connectivity index (χ0) is 19.1. The molecule has 0 aromatic heterocycles. The first-order valence-electron chi connectivity index (χ1n) is 8.12. The molecule has 0 fully saturated rings. The number of nitrogens with zero attached hydrogens (tertiary/aromatic N) is 1. The van der Waals surface area contributed by atoms with Crippen LogP contribution in [-0.2, 0) is 11.2 Å². The molecular weight excluding hydrogens is 352 g/mol. The van der Waals surface area contributed by atoms with Gasteiger partial charge in [-0.2, -0.15) is 0 Å². The van der Waals surface area contributed by atoms with E-state index < -0.39 is 0 Å². The number of halogens is 1. The Morgan fingerprint density at radius 2 is 2.04 bits per heavy atom. The van der Waals surface area contributed by atoms with E-state index in [1.165, 1.54) is 0 Å². The Labute approximate surface area is 159 Å². The molecular formula is C20H23ClN2O3. The van der Waals surface area contributed by atoms with Crippen molar-refractivity contribution in [1.29, 1.82) is 0 Å². The third-order valence-corrected chi connectivity index (χ3v) is 3.98. The lowest BCUT2D eigenvalue weighted by Gasteiger charge is -2.19. The van der Waals surface area contributed by atoms with Gasteiger partial charge in [-0.3, -0.25) is 4.79 Å². The molecule has 0 heterocycles.